The van der Waals surface area contributed by atoms with Crippen molar-refractivity contribution < 1.29 is 18.1 Å². The molecule has 0 bridgehead atoms. The van der Waals surface area contributed by atoms with Crippen LogP contribution in [0.2, 0.25) is 0 Å². The van der Waals surface area contributed by atoms with Gasteiger partial charge in [-0.15, -0.1) is 0 Å². The molecule has 4 heteroatoms. The number of furan rings is 1. The fraction of sp³-hybridized carbons (Fsp3) is 0. The molecule has 238 valence electrons. The highest BCUT2D eigenvalue weighted by molar-refractivity contribution is 6.16. The van der Waals surface area contributed by atoms with Crippen LogP contribution < -0.4 is 0 Å². The Labute approximate surface area is 308 Å². The Hall–Kier alpha value is -6.91. The van der Waals surface area contributed by atoms with Crippen LogP contribution in [-0.2, 0) is 0 Å². The molecular weight excluding hydrogens is 623 g/mol. The zero-order chi connectivity index (χ0) is 42.4. The lowest BCUT2D eigenvalue weighted by atomic mass is 9.95. The van der Waals surface area contributed by atoms with Crippen LogP contribution in [0.15, 0.2) is 180 Å². The van der Waals surface area contributed by atoms with E-state index in [1.165, 1.54) is 6.07 Å². The highest BCUT2D eigenvalue weighted by Gasteiger charge is 2.21. The molecule has 2 heterocycles. The quantitative estimate of drug-likeness (QED) is 0.184. The molecule has 0 saturated heterocycles. The van der Waals surface area contributed by atoms with Crippen LogP contribution in [0.1, 0.15) is 13.7 Å². The normalized spacial score (nSPS) is 14.3. The van der Waals surface area contributed by atoms with Crippen LogP contribution in [0, 0.1) is 0 Å². The fourth-order valence-electron chi connectivity index (χ4n) is 6.64. The number of fused-ring (bicyclic) bond motifs is 5. The van der Waals surface area contributed by atoms with Crippen molar-refractivity contribution in [1.82, 2.24) is 15.0 Å². The second-order valence-electron chi connectivity index (χ2n) is 12.1. The van der Waals surface area contributed by atoms with E-state index < -0.39 is 60.4 Å². The topological polar surface area (TPSA) is 51.8 Å². The zero-order valence-electron chi connectivity index (χ0n) is 36.7. The van der Waals surface area contributed by atoms with Crippen molar-refractivity contribution in [3.8, 4) is 56.4 Å². The minimum absolute atomic E-state index is 0.0720. The number of benzene rings is 8. The van der Waals surface area contributed by atoms with Crippen molar-refractivity contribution in [2.75, 3.05) is 0 Å². The van der Waals surface area contributed by atoms with Crippen LogP contribution in [-0.4, -0.2) is 15.0 Å². The maximum Gasteiger partial charge on any atom is 0.164 e. The number of nitrogens with zero attached hydrogens (tertiary/aromatic N) is 3. The molecule has 10 rings (SSSR count). The first-order valence-electron chi connectivity index (χ1n) is 21.3. The molecule has 0 aliphatic heterocycles. The van der Waals surface area contributed by atoms with E-state index in [1.54, 1.807) is 18.2 Å². The standard InChI is InChI=1S/C47H29N3O/c1-3-12-30(13-4-1)38-28-40(33-16-5-2-6-17-33)44-41(29-38)43-39(20-11-21-42(43)51-44)47-49-45(36-24-22-31-14-7-9-18-34(31)26-36)48-46(50-47)37-25-23-32-15-8-10-19-35(32)27-37/h1-29H/i1D,2D,3D,4D,5D,6D,12D,13D,16D,17D. The minimum atomic E-state index is -0.581. The van der Waals surface area contributed by atoms with Gasteiger partial charge in [-0.3, -0.25) is 0 Å². The van der Waals surface area contributed by atoms with Gasteiger partial charge in [-0.2, -0.15) is 0 Å². The molecule has 10 aromatic rings. The van der Waals surface area contributed by atoms with Crippen LogP contribution >= 0.6 is 0 Å². The first-order chi connectivity index (χ1) is 29.4. The van der Waals surface area contributed by atoms with E-state index >= 15 is 0 Å². The lowest BCUT2D eigenvalue weighted by Gasteiger charge is -2.11. The molecule has 2 aromatic heterocycles. The predicted octanol–water partition coefficient (Wildman–Crippen LogP) is 12.4. The third-order valence-corrected chi connectivity index (χ3v) is 9.05. The van der Waals surface area contributed by atoms with E-state index in [4.69, 9.17) is 33.1 Å². The predicted molar refractivity (Wildman–Crippen MR) is 209 cm³/mol. The van der Waals surface area contributed by atoms with Gasteiger partial charge in [-0.1, -0.05) is 145 Å². The Morgan fingerprint density at radius 2 is 0.980 bits per heavy atom. The first kappa shape index (κ1) is 20.6. The number of hydrogen-bond donors (Lipinski definition) is 0. The molecule has 0 aliphatic carbocycles. The Balaban J connectivity index is 1.30. The van der Waals surface area contributed by atoms with Crippen molar-refractivity contribution in [3.63, 3.8) is 0 Å². The lowest BCUT2D eigenvalue weighted by Crippen LogP contribution is -2.00. The molecular formula is C47H29N3O. The SMILES string of the molecule is [2H]c1c([2H])c([2H])c(-c2cc(-c3c([2H])c([2H])c([2H])c([2H])c3[2H])c3oc4cccc(-c5nc(-c6ccc7ccccc7c6)nc(-c6ccc7ccccc7c6)n5)c4c3c2)c([2H])c1[2H]. The van der Waals surface area contributed by atoms with Gasteiger partial charge in [0.25, 0.3) is 0 Å². The summed E-state index contributed by atoms with van der Waals surface area (Å²) in [6.45, 7) is 0. The van der Waals surface area contributed by atoms with Gasteiger partial charge in [-0.25, -0.2) is 15.0 Å². The van der Waals surface area contributed by atoms with Gasteiger partial charge in [0.15, 0.2) is 17.5 Å². The molecule has 0 unspecified atom stereocenters. The van der Waals surface area contributed by atoms with Crippen LogP contribution in [0.5, 0.6) is 0 Å². The average molecular weight is 662 g/mol. The summed E-state index contributed by atoms with van der Waals surface area (Å²) in [5, 5.41) is 4.96. The van der Waals surface area contributed by atoms with Crippen molar-refractivity contribution in [2.45, 2.75) is 0 Å². The summed E-state index contributed by atoms with van der Waals surface area (Å²) in [5.41, 5.74) is 2.41. The maximum atomic E-state index is 8.93. The summed E-state index contributed by atoms with van der Waals surface area (Å²) in [6, 6.07) is 31.0. The minimum Gasteiger partial charge on any atom is -0.455 e. The summed E-state index contributed by atoms with van der Waals surface area (Å²) < 4.78 is 92.5. The van der Waals surface area contributed by atoms with E-state index in [2.05, 4.69) is 0 Å². The van der Waals surface area contributed by atoms with Crippen LogP contribution in [0.25, 0.3) is 99.9 Å². The maximum absolute atomic E-state index is 8.93. The van der Waals surface area contributed by atoms with E-state index in [1.807, 2.05) is 91.0 Å². The summed E-state index contributed by atoms with van der Waals surface area (Å²) in [7, 11) is 0. The second-order valence-corrected chi connectivity index (χ2v) is 12.1. The van der Waals surface area contributed by atoms with E-state index in [-0.39, 0.29) is 33.7 Å². The van der Waals surface area contributed by atoms with Crippen molar-refractivity contribution >= 4 is 43.5 Å². The summed E-state index contributed by atoms with van der Waals surface area (Å²) in [4.78, 5) is 15.1. The highest BCUT2D eigenvalue weighted by Crippen LogP contribution is 2.43. The van der Waals surface area contributed by atoms with E-state index in [0.29, 0.717) is 33.6 Å². The van der Waals surface area contributed by atoms with Gasteiger partial charge in [0.2, 0.25) is 0 Å². The van der Waals surface area contributed by atoms with Gasteiger partial charge < -0.3 is 4.42 Å². The average Bonchev–Trinajstić information content (AvgIpc) is 3.67. The van der Waals surface area contributed by atoms with Gasteiger partial charge in [0.05, 0.1) is 13.7 Å². The van der Waals surface area contributed by atoms with Crippen molar-refractivity contribution in [1.29, 1.82) is 0 Å². The molecule has 0 N–H and O–H groups in total. The zero-order valence-corrected chi connectivity index (χ0v) is 26.7. The number of rotatable bonds is 5. The smallest absolute Gasteiger partial charge is 0.164 e. The van der Waals surface area contributed by atoms with Crippen molar-refractivity contribution in [2.24, 2.45) is 0 Å². The summed E-state index contributed by atoms with van der Waals surface area (Å²) >= 11 is 0. The Morgan fingerprint density at radius 3 is 1.61 bits per heavy atom. The van der Waals surface area contributed by atoms with E-state index in [0.717, 1.165) is 32.7 Å². The third-order valence-electron chi connectivity index (χ3n) is 9.05. The number of hydrogen-bond acceptors (Lipinski definition) is 4. The largest absolute Gasteiger partial charge is 0.455 e. The molecule has 0 fully saturated rings. The molecule has 0 saturated carbocycles. The summed E-state index contributed by atoms with van der Waals surface area (Å²) in [6.07, 6.45) is 0. The van der Waals surface area contributed by atoms with Gasteiger partial charge in [0.1, 0.15) is 11.2 Å². The van der Waals surface area contributed by atoms with Crippen LogP contribution in [0.3, 0.4) is 0 Å². The van der Waals surface area contributed by atoms with Crippen molar-refractivity contribution in [3.05, 3.63) is 176 Å². The Kier molecular flexibility index (Phi) is 4.80. The van der Waals surface area contributed by atoms with Crippen LogP contribution in [0.4, 0.5) is 0 Å². The molecule has 0 radical (unpaired) electrons. The molecule has 0 spiro atoms. The molecule has 51 heavy (non-hydrogen) atoms. The Bertz CT molecular complexity index is 3360. The lowest BCUT2D eigenvalue weighted by molar-refractivity contribution is 0.670. The number of aromatic nitrogens is 3. The van der Waals surface area contributed by atoms with Gasteiger partial charge in [-0.05, 0) is 68.6 Å². The van der Waals surface area contributed by atoms with Gasteiger partial charge in [0, 0.05) is 33.0 Å². The molecule has 0 atom stereocenters. The molecule has 0 amide bonds. The highest BCUT2D eigenvalue weighted by atomic mass is 16.3. The Morgan fingerprint density at radius 1 is 0.412 bits per heavy atom. The monoisotopic (exact) mass is 661 g/mol. The molecule has 4 nitrogen and oxygen atoms in total. The fourth-order valence-corrected chi connectivity index (χ4v) is 6.64. The molecule has 8 aromatic carbocycles. The summed E-state index contributed by atoms with van der Waals surface area (Å²) in [5.74, 6) is 1.10. The van der Waals surface area contributed by atoms with E-state index in [9.17, 15) is 0 Å². The first-order valence-corrected chi connectivity index (χ1v) is 16.3. The second kappa shape index (κ2) is 11.9. The molecule has 0 aliphatic rings. The third kappa shape index (κ3) is 5.13. The van der Waals surface area contributed by atoms with Gasteiger partial charge >= 0.3 is 0 Å².